The zero-order valence-corrected chi connectivity index (χ0v) is 21.7. The summed E-state index contributed by atoms with van der Waals surface area (Å²) in [4.78, 5) is 23.6. The van der Waals surface area contributed by atoms with Gasteiger partial charge >= 0.3 is 5.97 Å². The van der Waals surface area contributed by atoms with Gasteiger partial charge in [0, 0.05) is 23.2 Å². The van der Waals surface area contributed by atoms with Gasteiger partial charge < -0.3 is 19.3 Å². The van der Waals surface area contributed by atoms with Crippen molar-refractivity contribution in [1.82, 2.24) is 0 Å². The van der Waals surface area contributed by atoms with Crippen LogP contribution < -0.4 is 0 Å². The van der Waals surface area contributed by atoms with Gasteiger partial charge in [-0.25, -0.2) is 8.78 Å². The Kier molecular flexibility index (Phi) is 5.63. The molecule has 3 saturated carbocycles. The molecule has 1 N–H and O–H groups in total. The number of carbonyl (C=O) groups excluding carboxylic acids is 2. The van der Waals surface area contributed by atoms with Gasteiger partial charge in [0.05, 0.1) is 12.7 Å². The Morgan fingerprint density at radius 2 is 2.00 bits per heavy atom. The normalized spacial score (nSPS) is 53.4. The largest absolute Gasteiger partial charge is 0.465 e. The third-order valence-corrected chi connectivity index (χ3v) is 11.9. The molecule has 2 heterocycles. The first-order valence-corrected chi connectivity index (χ1v) is 14.0. The monoisotopic (exact) mass is 524 g/mol. The van der Waals surface area contributed by atoms with Crippen molar-refractivity contribution >= 4 is 23.5 Å². The van der Waals surface area contributed by atoms with Gasteiger partial charge in [0.2, 0.25) is 0 Å². The van der Waals surface area contributed by atoms with Gasteiger partial charge in [-0.2, -0.15) is 0 Å². The Morgan fingerprint density at radius 1 is 1.22 bits per heavy atom. The first-order valence-electron chi connectivity index (χ1n) is 13.1. The molecule has 0 spiro atoms. The van der Waals surface area contributed by atoms with Crippen molar-refractivity contribution in [3.63, 3.8) is 0 Å². The Balaban J connectivity index is 1.43. The summed E-state index contributed by atoms with van der Waals surface area (Å²) in [5, 5.41) is 11.2. The highest BCUT2D eigenvalue weighted by atomic mass is 32.2. The quantitative estimate of drug-likeness (QED) is 0.552. The number of fused-ring (bicyclic) bond motifs is 7. The Labute approximate surface area is 214 Å². The Bertz CT molecular complexity index is 1050. The lowest BCUT2D eigenvalue weighted by atomic mass is 9.45. The van der Waals surface area contributed by atoms with Gasteiger partial charge in [-0.3, -0.25) is 9.59 Å². The molecule has 198 valence electrons. The lowest BCUT2D eigenvalue weighted by Crippen LogP contribution is -2.69. The van der Waals surface area contributed by atoms with Crippen molar-refractivity contribution in [2.24, 2.45) is 22.7 Å². The van der Waals surface area contributed by atoms with E-state index in [1.165, 1.54) is 30.0 Å². The number of halogens is 2. The summed E-state index contributed by atoms with van der Waals surface area (Å²) in [5.74, 6) is -1.80. The van der Waals surface area contributed by atoms with Crippen molar-refractivity contribution in [1.29, 1.82) is 0 Å². The maximum Gasteiger partial charge on any atom is 0.319 e. The molecule has 11 atom stereocenters. The molecule has 2 saturated heterocycles. The van der Waals surface area contributed by atoms with Crippen LogP contribution in [0.2, 0.25) is 0 Å². The first-order chi connectivity index (χ1) is 17.0. The van der Waals surface area contributed by atoms with Gasteiger partial charge in [0.15, 0.2) is 17.7 Å². The van der Waals surface area contributed by atoms with Crippen LogP contribution in [0.4, 0.5) is 8.78 Å². The predicted molar refractivity (Wildman–Crippen MR) is 128 cm³/mol. The van der Waals surface area contributed by atoms with Crippen molar-refractivity contribution < 1.29 is 37.7 Å². The first kappa shape index (κ1) is 25.0. The average Bonchev–Trinajstić information content (AvgIpc) is 3.44. The van der Waals surface area contributed by atoms with Crippen LogP contribution in [0.3, 0.4) is 0 Å². The standard InChI is InChI=1S/C27H34F2O6S/c1-4-5-22-34-21-12-15-16-11-18(28)17-10-14(30)6-8-24(17,2)26(16,29)20(31)13-25(15,3)27(21,35-22)36-19-7-9-33-23(19)32/h6,8,10,15-16,18-22,31H,4-5,7,9,11-13H2,1-3H3/t15-,16-,18-,19-,20-,21+,22+,24-,25-,26-,27-/m0/s1. The van der Waals surface area contributed by atoms with Crippen molar-refractivity contribution in [3.8, 4) is 0 Å². The molecule has 2 aliphatic heterocycles. The van der Waals surface area contributed by atoms with E-state index in [9.17, 15) is 14.7 Å². The van der Waals surface area contributed by atoms with Crippen LogP contribution in [0.15, 0.2) is 23.8 Å². The highest BCUT2D eigenvalue weighted by Crippen LogP contribution is 2.74. The molecular formula is C27H34F2O6S. The number of alkyl halides is 2. The van der Waals surface area contributed by atoms with E-state index in [0.29, 0.717) is 25.9 Å². The number of ether oxygens (including phenoxy) is 3. The van der Waals surface area contributed by atoms with Gasteiger partial charge in [0.25, 0.3) is 0 Å². The van der Waals surface area contributed by atoms with E-state index in [1.54, 1.807) is 6.92 Å². The molecule has 0 amide bonds. The number of aliphatic hydroxyl groups excluding tert-OH is 1. The van der Waals surface area contributed by atoms with Crippen LogP contribution in [-0.2, 0) is 23.8 Å². The molecule has 6 nitrogen and oxygen atoms in total. The topological polar surface area (TPSA) is 82.1 Å². The molecule has 0 aromatic heterocycles. The minimum atomic E-state index is -2.15. The highest BCUT2D eigenvalue weighted by Gasteiger charge is 2.79. The molecular weight excluding hydrogens is 490 g/mol. The zero-order valence-electron chi connectivity index (χ0n) is 20.9. The third-order valence-electron chi connectivity index (χ3n) is 10.1. The molecule has 4 aliphatic carbocycles. The van der Waals surface area contributed by atoms with E-state index in [4.69, 9.17) is 14.2 Å². The number of esters is 1. The minimum Gasteiger partial charge on any atom is -0.465 e. The van der Waals surface area contributed by atoms with E-state index in [0.717, 1.165) is 6.42 Å². The van der Waals surface area contributed by atoms with Gasteiger partial charge in [-0.05, 0) is 56.3 Å². The Hall–Kier alpha value is -1.29. The van der Waals surface area contributed by atoms with E-state index in [1.807, 2.05) is 13.8 Å². The molecule has 0 radical (unpaired) electrons. The number of rotatable bonds is 4. The summed E-state index contributed by atoms with van der Waals surface area (Å²) in [6.07, 6.45) is 2.69. The molecule has 36 heavy (non-hydrogen) atoms. The summed E-state index contributed by atoms with van der Waals surface area (Å²) in [5.41, 5.74) is -4.23. The van der Waals surface area contributed by atoms with Crippen molar-refractivity contribution in [3.05, 3.63) is 23.8 Å². The summed E-state index contributed by atoms with van der Waals surface area (Å²) >= 11 is 1.40. The number of allylic oxidation sites excluding steroid dienone is 4. The van der Waals surface area contributed by atoms with Crippen LogP contribution in [0.5, 0.6) is 0 Å². The molecule has 6 rings (SSSR count). The number of thioether (sulfide) groups is 1. The fourth-order valence-corrected chi connectivity index (χ4v) is 10.1. The molecule has 6 aliphatic rings. The molecule has 0 aromatic carbocycles. The third kappa shape index (κ3) is 3.00. The minimum absolute atomic E-state index is 0.0831. The van der Waals surface area contributed by atoms with Gasteiger partial charge in [-0.15, -0.1) is 11.8 Å². The van der Waals surface area contributed by atoms with Crippen molar-refractivity contribution in [2.75, 3.05) is 6.61 Å². The second-order valence-electron chi connectivity index (χ2n) is 11.8. The number of aliphatic hydroxyl groups is 1. The molecule has 0 unspecified atom stereocenters. The number of ketones is 1. The predicted octanol–water partition coefficient (Wildman–Crippen LogP) is 4.20. The molecule has 0 bridgehead atoms. The second-order valence-corrected chi connectivity index (χ2v) is 13.2. The maximum atomic E-state index is 17.4. The van der Waals surface area contributed by atoms with Gasteiger partial charge in [-0.1, -0.05) is 26.3 Å². The number of cyclic esters (lactones) is 1. The van der Waals surface area contributed by atoms with E-state index < -0.39 is 57.3 Å². The lowest BCUT2D eigenvalue weighted by molar-refractivity contribution is -0.222. The van der Waals surface area contributed by atoms with Crippen molar-refractivity contribution in [2.45, 2.75) is 99.8 Å². The average molecular weight is 525 g/mol. The second kappa shape index (κ2) is 8.10. The fourth-order valence-electron chi connectivity index (χ4n) is 8.30. The van der Waals surface area contributed by atoms with Crippen LogP contribution in [0.1, 0.15) is 59.3 Å². The SMILES string of the molecule is CCC[C@@H]1O[C@@H]2C[C@H]3[C@@H]4C[C@H](F)C5=CC(=O)C=C[C@]5(C)[C@@]4(F)[C@@H](O)C[C@]3(C)[C@]2(S[C@H]2CCOC2=O)O1. The number of carbonyl (C=O) groups is 2. The summed E-state index contributed by atoms with van der Waals surface area (Å²) in [6, 6.07) is 0. The maximum absolute atomic E-state index is 17.4. The zero-order chi connectivity index (χ0) is 25.7. The molecule has 5 fully saturated rings. The fraction of sp³-hybridized carbons (Fsp3) is 0.778. The van der Waals surface area contributed by atoms with Crippen LogP contribution in [0.25, 0.3) is 0 Å². The van der Waals surface area contributed by atoms with E-state index in [-0.39, 0.29) is 36.1 Å². The van der Waals surface area contributed by atoms with Crippen LogP contribution >= 0.6 is 11.8 Å². The Morgan fingerprint density at radius 3 is 2.69 bits per heavy atom. The van der Waals surface area contributed by atoms with E-state index >= 15 is 8.78 Å². The summed E-state index contributed by atoms with van der Waals surface area (Å²) < 4.78 is 51.4. The smallest absolute Gasteiger partial charge is 0.319 e. The summed E-state index contributed by atoms with van der Waals surface area (Å²) in [6.45, 7) is 5.98. The van der Waals surface area contributed by atoms with Gasteiger partial charge in [0.1, 0.15) is 22.5 Å². The molecule has 9 heteroatoms. The lowest BCUT2D eigenvalue weighted by Gasteiger charge is -2.63. The molecule has 0 aromatic rings. The number of hydrogen-bond donors (Lipinski definition) is 1. The van der Waals surface area contributed by atoms with E-state index in [2.05, 4.69) is 0 Å². The van der Waals surface area contributed by atoms with Crippen LogP contribution in [0, 0.1) is 22.7 Å². The van der Waals surface area contributed by atoms with Crippen LogP contribution in [-0.4, -0.2) is 64.0 Å². The number of hydrogen-bond acceptors (Lipinski definition) is 7. The highest BCUT2D eigenvalue weighted by molar-refractivity contribution is 8.01. The summed E-state index contributed by atoms with van der Waals surface area (Å²) in [7, 11) is 0.